The topological polar surface area (TPSA) is 88.1 Å². The van der Waals surface area contributed by atoms with Gasteiger partial charge in [0.25, 0.3) is 0 Å². The number of aliphatic hydroxyl groups excluding tert-OH is 1. The van der Waals surface area contributed by atoms with E-state index in [1.807, 2.05) is 79.9 Å². The number of ether oxygens (including phenoxy) is 2. The van der Waals surface area contributed by atoms with Crippen molar-refractivity contribution in [3.63, 3.8) is 0 Å². The smallest absolute Gasteiger partial charge is 0.240 e. The second-order valence-electron chi connectivity index (χ2n) is 10.8. The number of hydrogen-bond acceptors (Lipinski definition) is 6. The number of nitrogens with one attached hydrogen (secondary N) is 1. The summed E-state index contributed by atoms with van der Waals surface area (Å²) in [5.74, 6) is -0.0867. The zero-order chi connectivity index (χ0) is 30.2. The van der Waals surface area contributed by atoms with Gasteiger partial charge < -0.3 is 19.5 Å². The minimum atomic E-state index is -3.61. The molecule has 1 saturated heterocycles. The van der Waals surface area contributed by atoms with Crippen LogP contribution in [0.1, 0.15) is 46.1 Å². The molecule has 1 fully saturated rings. The Morgan fingerprint density at radius 2 is 1.42 bits per heavy atom. The van der Waals surface area contributed by atoms with Gasteiger partial charge in [-0.1, -0.05) is 103 Å². The molecule has 7 nitrogen and oxygen atoms in total. The van der Waals surface area contributed by atoms with E-state index in [-0.39, 0.29) is 36.2 Å². The van der Waals surface area contributed by atoms with Crippen molar-refractivity contribution in [3.05, 3.63) is 150 Å². The Hall–Kier alpha value is -3.63. The highest BCUT2D eigenvalue weighted by Gasteiger charge is 2.42. The van der Waals surface area contributed by atoms with E-state index in [9.17, 15) is 13.5 Å². The van der Waals surface area contributed by atoms with Gasteiger partial charge in [-0.2, -0.15) is 0 Å². The Bertz CT molecular complexity index is 1560. The highest BCUT2D eigenvalue weighted by Crippen LogP contribution is 2.47. The molecule has 8 heteroatoms. The molecule has 1 aliphatic rings. The third kappa shape index (κ3) is 7.67. The van der Waals surface area contributed by atoms with Crippen molar-refractivity contribution in [2.45, 2.75) is 42.5 Å². The molecule has 43 heavy (non-hydrogen) atoms. The van der Waals surface area contributed by atoms with Gasteiger partial charge in [-0.25, -0.2) is 13.1 Å². The van der Waals surface area contributed by atoms with Gasteiger partial charge in [0.15, 0.2) is 6.29 Å². The summed E-state index contributed by atoms with van der Waals surface area (Å²) in [6, 6.07) is 34.1. The lowest BCUT2D eigenvalue weighted by atomic mass is 9.83. The van der Waals surface area contributed by atoms with Crippen molar-refractivity contribution < 1.29 is 23.0 Å². The summed E-state index contributed by atoms with van der Waals surface area (Å²) in [4.78, 5) is 2.42. The van der Waals surface area contributed by atoms with Gasteiger partial charge in [0, 0.05) is 31.1 Å². The molecule has 0 amide bonds. The van der Waals surface area contributed by atoms with Crippen LogP contribution < -0.4 is 4.72 Å². The monoisotopic (exact) mass is 598 g/mol. The molecule has 0 bridgehead atoms. The number of sulfonamides is 1. The molecular weight excluding hydrogens is 560 g/mol. The van der Waals surface area contributed by atoms with E-state index in [4.69, 9.17) is 9.47 Å². The van der Waals surface area contributed by atoms with E-state index in [2.05, 4.69) is 28.3 Å². The third-order valence-electron chi connectivity index (χ3n) is 7.67. The fourth-order valence-corrected chi connectivity index (χ4v) is 6.46. The average Bonchev–Trinajstić information content (AvgIpc) is 3.05. The van der Waals surface area contributed by atoms with Crippen molar-refractivity contribution in [3.8, 4) is 0 Å². The fraction of sp³-hybridized carbons (Fsp3) is 0.257. The minimum absolute atomic E-state index is 0.0253. The van der Waals surface area contributed by atoms with Crippen LogP contribution in [-0.4, -0.2) is 44.7 Å². The van der Waals surface area contributed by atoms with Crippen molar-refractivity contribution in [1.82, 2.24) is 9.62 Å². The summed E-state index contributed by atoms with van der Waals surface area (Å²) in [6.07, 6.45) is 0.725. The van der Waals surface area contributed by atoms with E-state index in [1.165, 1.54) is 0 Å². The van der Waals surface area contributed by atoms with Gasteiger partial charge in [0.2, 0.25) is 10.0 Å². The normalized spacial score (nSPS) is 20.6. The van der Waals surface area contributed by atoms with Crippen LogP contribution in [-0.2, 0) is 32.6 Å². The fourth-order valence-electron chi connectivity index (χ4n) is 5.42. The van der Waals surface area contributed by atoms with Crippen LogP contribution in [0.4, 0.5) is 0 Å². The first kappa shape index (κ1) is 30.8. The molecule has 1 heterocycles. The largest absolute Gasteiger partial charge is 0.392 e. The van der Waals surface area contributed by atoms with E-state index in [0.29, 0.717) is 6.54 Å². The minimum Gasteiger partial charge on any atom is -0.392 e. The third-order valence-corrected chi connectivity index (χ3v) is 9.09. The molecule has 0 saturated carbocycles. The summed E-state index contributed by atoms with van der Waals surface area (Å²) >= 11 is 0. The zero-order valence-corrected chi connectivity index (χ0v) is 25.1. The van der Waals surface area contributed by atoms with Crippen LogP contribution in [0.15, 0.2) is 127 Å². The van der Waals surface area contributed by atoms with Crippen LogP contribution in [0.3, 0.4) is 0 Å². The number of nitrogens with zero attached hydrogens (tertiary/aromatic N) is 1. The molecule has 0 aromatic heterocycles. The molecule has 5 rings (SSSR count). The molecule has 4 aromatic carbocycles. The quantitative estimate of drug-likeness (QED) is 0.203. The Morgan fingerprint density at radius 3 is 2.05 bits per heavy atom. The summed E-state index contributed by atoms with van der Waals surface area (Å²) in [5.41, 5.74) is 4.62. The molecule has 1 unspecified atom stereocenters. The average molecular weight is 599 g/mol. The highest BCUT2D eigenvalue weighted by molar-refractivity contribution is 7.89. The first-order valence-electron chi connectivity index (χ1n) is 14.4. The number of hydrogen-bond donors (Lipinski definition) is 2. The zero-order valence-electron chi connectivity index (χ0n) is 24.3. The first-order valence-corrected chi connectivity index (χ1v) is 15.8. The van der Waals surface area contributed by atoms with Crippen LogP contribution >= 0.6 is 0 Å². The van der Waals surface area contributed by atoms with E-state index < -0.39 is 16.3 Å². The summed E-state index contributed by atoms with van der Waals surface area (Å²) in [5, 5.41) is 9.61. The number of likely N-dealkylation sites (N-methyl/N-ethyl adjacent to an activating group) is 1. The maximum absolute atomic E-state index is 12.7. The molecule has 224 valence electrons. The van der Waals surface area contributed by atoms with Crippen molar-refractivity contribution in [2.75, 3.05) is 20.1 Å². The second kappa shape index (κ2) is 14.2. The van der Waals surface area contributed by atoms with Crippen molar-refractivity contribution in [1.29, 1.82) is 0 Å². The number of rotatable bonds is 12. The van der Waals surface area contributed by atoms with Gasteiger partial charge in [-0.3, -0.25) is 0 Å². The Balaban J connectivity index is 1.42. The van der Waals surface area contributed by atoms with E-state index >= 15 is 0 Å². The van der Waals surface area contributed by atoms with Crippen molar-refractivity contribution >= 4 is 10.0 Å². The van der Waals surface area contributed by atoms with Crippen LogP contribution in [0.5, 0.6) is 0 Å². The predicted octanol–water partition coefficient (Wildman–Crippen LogP) is 5.71. The Kier molecular flexibility index (Phi) is 10.2. The first-order chi connectivity index (χ1) is 20.9. The summed E-state index contributed by atoms with van der Waals surface area (Å²) < 4.78 is 41.5. The van der Waals surface area contributed by atoms with Gasteiger partial charge in [0.05, 0.1) is 23.7 Å². The van der Waals surface area contributed by atoms with Gasteiger partial charge >= 0.3 is 0 Å². The van der Waals surface area contributed by atoms with Gasteiger partial charge in [-0.05, 0) is 41.4 Å². The van der Waals surface area contributed by atoms with Crippen LogP contribution in [0, 0.1) is 0 Å². The van der Waals surface area contributed by atoms with Gasteiger partial charge in [-0.15, -0.1) is 6.58 Å². The maximum Gasteiger partial charge on any atom is 0.240 e. The molecule has 1 aliphatic heterocycles. The molecule has 4 atom stereocenters. The Morgan fingerprint density at radius 1 is 0.814 bits per heavy atom. The summed E-state index contributed by atoms with van der Waals surface area (Å²) in [7, 11) is -1.57. The lowest BCUT2D eigenvalue weighted by molar-refractivity contribution is -0.263. The van der Waals surface area contributed by atoms with E-state index in [1.54, 1.807) is 30.3 Å². The molecule has 0 aliphatic carbocycles. The molecule has 4 aromatic rings. The standard InChI is InChI=1S/C35H38N2O5S/c1-3-22-37(2)24-32-33(28-10-6-4-7-11-28)34(29-18-16-27(25-38)17-19-29)42-35(41-32)30-20-14-26(15-21-30)23-36-43(39,40)31-12-8-5-9-13-31/h3-21,32-36,38H,1,22-25H2,2H3/t32-,33-,34+,35?/m1/s1. The number of benzene rings is 4. The van der Waals surface area contributed by atoms with E-state index in [0.717, 1.165) is 34.4 Å². The van der Waals surface area contributed by atoms with Crippen LogP contribution in [0.25, 0.3) is 0 Å². The highest BCUT2D eigenvalue weighted by atomic mass is 32.2. The number of aliphatic hydroxyl groups is 1. The summed E-state index contributed by atoms with van der Waals surface area (Å²) in [6.45, 7) is 5.42. The molecular formula is C35H38N2O5S. The predicted molar refractivity (Wildman–Crippen MR) is 168 cm³/mol. The lowest BCUT2D eigenvalue weighted by Crippen LogP contribution is -2.43. The second-order valence-corrected chi connectivity index (χ2v) is 12.6. The molecule has 0 spiro atoms. The molecule has 0 radical (unpaired) electrons. The van der Waals surface area contributed by atoms with Crippen molar-refractivity contribution in [2.24, 2.45) is 0 Å². The Labute approximate surface area is 254 Å². The van der Waals surface area contributed by atoms with Gasteiger partial charge in [0.1, 0.15) is 0 Å². The maximum atomic E-state index is 12.7. The SMILES string of the molecule is C=CCN(C)C[C@H]1OC(c2ccc(CNS(=O)(=O)c3ccccc3)cc2)O[C@@H](c2ccc(CO)cc2)[C@@H]1c1ccccc1. The molecule has 2 N–H and O–H groups in total. The van der Waals surface area contributed by atoms with Crippen LogP contribution in [0.2, 0.25) is 0 Å². The lowest BCUT2D eigenvalue weighted by Gasteiger charge is -2.44.